The van der Waals surface area contributed by atoms with Crippen LogP contribution in [-0.4, -0.2) is 16.7 Å². The molecule has 23 heavy (non-hydrogen) atoms. The van der Waals surface area contributed by atoms with Crippen molar-refractivity contribution in [2.75, 3.05) is 0 Å². The monoisotopic (exact) mass is 340 g/mol. The van der Waals surface area contributed by atoms with E-state index < -0.39 is 5.97 Å². The molecule has 0 heterocycles. The number of hydrogen-bond donors (Lipinski definition) is 1. The fourth-order valence-corrected chi connectivity index (χ4v) is 4.50. The van der Waals surface area contributed by atoms with Crippen LogP contribution in [-0.2, 0) is 16.1 Å². The van der Waals surface area contributed by atoms with E-state index in [2.05, 4.69) is 0 Å². The molecule has 0 spiro atoms. The second-order valence-corrected chi connectivity index (χ2v) is 7.57. The predicted octanol–water partition coefficient (Wildman–Crippen LogP) is 4.95. The lowest BCUT2D eigenvalue weighted by Gasteiger charge is -2.28. The molecule has 126 valence electrons. The third-order valence-corrected chi connectivity index (χ3v) is 5.79. The smallest absolute Gasteiger partial charge is 0.303 e. The summed E-state index contributed by atoms with van der Waals surface area (Å²) in [6, 6.07) is 4.53. The molecule has 0 radical (unpaired) electrons. The van der Waals surface area contributed by atoms with Crippen LogP contribution in [0.4, 0.5) is 4.39 Å². The number of carboxylic acid groups (broad SMARTS) is 1. The maximum Gasteiger partial charge on any atom is 0.303 e. The van der Waals surface area contributed by atoms with Crippen molar-refractivity contribution in [1.82, 2.24) is 0 Å². The van der Waals surface area contributed by atoms with Crippen molar-refractivity contribution in [3.05, 3.63) is 34.6 Å². The second-order valence-electron chi connectivity index (χ2n) is 7.13. The van der Waals surface area contributed by atoms with E-state index in [1.54, 1.807) is 6.07 Å². The third kappa shape index (κ3) is 3.69. The van der Waals surface area contributed by atoms with Gasteiger partial charge in [-0.15, -0.1) is 0 Å². The zero-order chi connectivity index (χ0) is 16.5. The van der Waals surface area contributed by atoms with Crippen molar-refractivity contribution < 1.29 is 19.0 Å². The highest BCUT2D eigenvalue weighted by atomic mass is 35.5. The number of aliphatic carboxylic acids is 1. The van der Waals surface area contributed by atoms with E-state index in [4.69, 9.17) is 21.4 Å². The summed E-state index contributed by atoms with van der Waals surface area (Å²) in [5.41, 5.74) is 0.586. The van der Waals surface area contributed by atoms with E-state index in [1.165, 1.54) is 12.1 Å². The van der Waals surface area contributed by atoms with Crippen molar-refractivity contribution in [2.45, 2.75) is 63.6 Å². The summed E-state index contributed by atoms with van der Waals surface area (Å²) in [4.78, 5) is 10.7. The van der Waals surface area contributed by atoms with Crippen molar-refractivity contribution in [3.8, 4) is 0 Å². The highest BCUT2D eigenvalue weighted by Gasteiger charge is 2.54. The Morgan fingerprint density at radius 3 is 2.74 bits per heavy atom. The molecular weight excluding hydrogens is 319 g/mol. The number of hydrogen-bond acceptors (Lipinski definition) is 2. The first-order valence-electron chi connectivity index (χ1n) is 8.22. The molecule has 2 fully saturated rings. The minimum Gasteiger partial charge on any atom is -0.481 e. The molecule has 2 saturated carbocycles. The zero-order valence-electron chi connectivity index (χ0n) is 13.1. The predicted molar refractivity (Wildman–Crippen MR) is 85.9 cm³/mol. The Kier molecular flexibility index (Phi) is 4.65. The Morgan fingerprint density at radius 2 is 2.04 bits per heavy atom. The molecule has 1 aromatic carbocycles. The van der Waals surface area contributed by atoms with Gasteiger partial charge >= 0.3 is 5.97 Å². The molecule has 0 aliphatic heterocycles. The molecule has 1 N–H and O–H groups in total. The summed E-state index contributed by atoms with van der Waals surface area (Å²) in [6.45, 7) is 0.248. The highest BCUT2D eigenvalue weighted by molar-refractivity contribution is 6.30. The average Bonchev–Trinajstić information content (AvgIpc) is 3.04. The van der Waals surface area contributed by atoms with Crippen molar-refractivity contribution >= 4 is 17.6 Å². The molecule has 2 aliphatic carbocycles. The van der Waals surface area contributed by atoms with E-state index in [0.29, 0.717) is 10.6 Å². The third-order valence-electron chi connectivity index (χ3n) is 5.56. The minimum absolute atomic E-state index is 0.155. The fourth-order valence-electron chi connectivity index (χ4n) is 4.31. The molecule has 0 saturated heterocycles. The molecule has 0 unspecified atom stereocenters. The fraction of sp³-hybridized carbons (Fsp3) is 0.611. The second kappa shape index (κ2) is 6.40. The maximum absolute atomic E-state index is 13.8. The van der Waals surface area contributed by atoms with Gasteiger partial charge in [0.1, 0.15) is 5.82 Å². The molecule has 3 rings (SSSR count). The van der Waals surface area contributed by atoms with Crippen LogP contribution >= 0.6 is 11.6 Å². The van der Waals surface area contributed by atoms with Gasteiger partial charge in [-0.3, -0.25) is 4.79 Å². The Morgan fingerprint density at radius 1 is 1.30 bits per heavy atom. The number of halogens is 2. The minimum atomic E-state index is -0.726. The van der Waals surface area contributed by atoms with Crippen LogP contribution in [0.3, 0.4) is 0 Å². The normalized spacial score (nSPS) is 29.1. The zero-order valence-corrected chi connectivity index (χ0v) is 13.9. The van der Waals surface area contributed by atoms with Crippen LogP contribution in [0.25, 0.3) is 0 Å². The van der Waals surface area contributed by atoms with Gasteiger partial charge in [0.2, 0.25) is 0 Å². The van der Waals surface area contributed by atoms with Crippen LogP contribution in [0.2, 0.25) is 5.02 Å². The molecule has 2 aliphatic rings. The number of fused-ring (bicyclic) bond motifs is 2. The first-order chi connectivity index (χ1) is 10.9. The summed E-state index contributed by atoms with van der Waals surface area (Å²) in [5, 5.41) is 9.31. The summed E-state index contributed by atoms with van der Waals surface area (Å²) in [6.07, 6.45) is 7.05. The van der Waals surface area contributed by atoms with Gasteiger partial charge in [-0.05, 0) is 68.6 Å². The molecule has 2 bridgehead atoms. The molecule has 1 aromatic rings. The van der Waals surface area contributed by atoms with Gasteiger partial charge in [-0.2, -0.15) is 0 Å². The van der Waals surface area contributed by atoms with Crippen LogP contribution in [0.15, 0.2) is 18.2 Å². The molecule has 5 heteroatoms. The topological polar surface area (TPSA) is 46.5 Å². The SMILES string of the molecule is O=C(O)CCCC12CCC(OCc3cc(Cl)ccc3F)(CC1)C2. The quantitative estimate of drug-likeness (QED) is 0.763. The first-order valence-corrected chi connectivity index (χ1v) is 8.60. The van der Waals surface area contributed by atoms with Crippen LogP contribution < -0.4 is 0 Å². The van der Waals surface area contributed by atoms with E-state index >= 15 is 0 Å². The molecule has 0 atom stereocenters. The Labute approximate surface area is 140 Å². The summed E-state index contributed by atoms with van der Waals surface area (Å²) < 4.78 is 19.9. The molecule has 3 nitrogen and oxygen atoms in total. The van der Waals surface area contributed by atoms with Gasteiger partial charge in [-0.1, -0.05) is 11.6 Å². The number of rotatable bonds is 7. The van der Waals surface area contributed by atoms with Gasteiger partial charge < -0.3 is 9.84 Å². The average molecular weight is 341 g/mol. The Balaban J connectivity index is 1.58. The van der Waals surface area contributed by atoms with E-state index in [9.17, 15) is 9.18 Å². The lowest BCUT2D eigenvalue weighted by molar-refractivity contribution is -0.137. The van der Waals surface area contributed by atoms with Gasteiger partial charge in [0, 0.05) is 17.0 Å². The summed E-state index contributed by atoms with van der Waals surface area (Å²) in [7, 11) is 0. The largest absolute Gasteiger partial charge is 0.481 e. The van der Waals surface area contributed by atoms with Crippen molar-refractivity contribution in [1.29, 1.82) is 0 Å². The van der Waals surface area contributed by atoms with E-state index in [0.717, 1.165) is 44.9 Å². The van der Waals surface area contributed by atoms with E-state index in [1.807, 2.05) is 0 Å². The highest BCUT2D eigenvalue weighted by Crippen LogP contribution is 2.60. The standard InChI is InChI=1S/C18H22ClFO3/c19-14-3-4-15(20)13(10-14)11-23-18-8-6-17(12-18,7-9-18)5-1-2-16(21)22/h3-4,10H,1-2,5-9,11-12H2,(H,21,22). The lowest BCUT2D eigenvalue weighted by Crippen LogP contribution is -2.26. The molecular formula is C18H22ClFO3. The van der Waals surface area contributed by atoms with Crippen LogP contribution in [0.5, 0.6) is 0 Å². The Bertz CT molecular complexity index is 594. The number of ether oxygens (including phenoxy) is 1. The van der Waals surface area contributed by atoms with Gasteiger partial charge in [0.25, 0.3) is 0 Å². The van der Waals surface area contributed by atoms with Crippen LogP contribution in [0.1, 0.15) is 56.9 Å². The van der Waals surface area contributed by atoms with E-state index in [-0.39, 0.29) is 29.9 Å². The van der Waals surface area contributed by atoms with Gasteiger partial charge in [0.05, 0.1) is 12.2 Å². The number of carboxylic acids is 1. The lowest BCUT2D eigenvalue weighted by atomic mass is 9.80. The summed E-state index contributed by atoms with van der Waals surface area (Å²) in [5.74, 6) is -1.01. The van der Waals surface area contributed by atoms with Gasteiger partial charge in [-0.25, -0.2) is 4.39 Å². The summed E-state index contributed by atoms with van der Waals surface area (Å²) >= 11 is 5.92. The maximum atomic E-state index is 13.8. The number of benzene rings is 1. The Hall–Kier alpha value is -1.13. The van der Waals surface area contributed by atoms with Crippen molar-refractivity contribution in [3.63, 3.8) is 0 Å². The van der Waals surface area contributed by atoms with Gasteiger partial charge in [0.15, 0.2) is 0 Å². The van der Waals surface area contributed by atoms with Crippen molar-refractivity contribution in [2.24, 2.45) is 5.41 Å². The van der Waals surface area contributed by atoms with Crippen LogP contribution in [0, 0.1) is 11.2 Å². The molecule has 0 aromatic heterocycles. The molecule has 0 amide bonds. The first kappa shape index (κ1) is 16.7. The number of carbonyl (C=O) groups is 1.